The van der Waals surface area contributed by atoms with E-state index >= 15 is 0 Å². The highest BCUT2D eigenvalue weighted by atomic mass is 79.9. The predicted molar refractivity (Wildman–Crippen MR) is 30.9 cm³/mol. The molecule has 0 aliphatic heterocycles. The lowest BCUT2D eigenvalue weighted by molar-refractivity contribution is 0.540. The first-order chi connectivity index (χ1) is 3.29. The van der Waals surface area contributed by atoms with Gasteiger partial charge in [0.15, 0.2) is 4.67 Å². The van der Waals surface area contributed by atoms with Crippen molar-refractivity contribution in [1.29, 1.82) is 0 Å². The van der Waals surface area contributed by atoms with Crippen molar-refractivity contribution in [3.8, 4) is 0 Å². The molecular weight excluding hydrogens is 156 g/mol. The maximum absolute atomic E-state index is 4.82. The molecule has 0 aliphatic carbocycles. The van der Waals surface area contributed by atoms with Crippen LogP contribution in [0.3, 0.4) is 0 Å². The second-order valence-corrected chi connectivity index (χ2v) is 2.04. The Balaban J connectivity index is 3.04. The van der Waals surface area contributed by atoms with Crippen LogP contribution in [0.15, 0.2) is 21.4 Å². The zero-order valence-electron chi connectivity index (χ0n) is 3.65. The fourth-order valence-corrected chi connectivity index (χ4v) is 0.733. The summed E-state index contributed by atoms with van der Waals surface area (Å²) in [5.41, 5.74) is 0.895. The van der Waals surface area contributed by atoms with Crippen molar-refractivity contribution in [3.05, 3.63) is 29.5 Å². The number of hydrogen-bond acceptors (Lipinski definition) is 1. The highest BCUT2D eigenvalue weighted by Crippen LogP contribution is 2.11. The minimum Gasteiger partial charge on any atom is -0.457 e. The molecule has 0 saturated heterocycles. The predicted octanol–water partition coefficient (Wildman–Crippen LogP) is 2.22. The van der Waals surface area contributed by atoms with Crippen molar-refractivity contribution >= 4 is 15.9 Å². The molecule has 1 heterocycles. The van der Waals surface area contributed by atoms with Gasteiger partial charge in [0.05, 0.1) is 6.26 Å². The SMILES string of the molecule is [CH2]c1coc(Br)c1. The van der Waals surface area contributed by atoms with Gasteiger partial charge >= 0.3 is 0 Å². The van der Waals surface area contributed by atoms with Crippen LogP contribution in [0.25, 0.3) is 0 Å². The van der Waals surface area contributed by atoms with Crippen LogP contribution in [0.1, 0.15) is 5.56 Å². The van der Waals surface area contributed by atoms with Crippen molar-refractivity contribution in [2.45, 2.75) is 0 Å². The number of hydrogen-bond donors (Lipinski definition) is 0. The molecule has 0 spiro atoms. The molecule has 7 heavy (non-hydrogen) atoms. The average Bonchev–Trinajstić information content (AvgIpc) is 1.87. The van der Waals surface area contributed by atoms with Crippen LogP contribution in [0, 0.1) is 6.92 Å². The van der Waals surface area contributed by atoms with E-state index in [1.165, 1.54) is 0 Å². The van der Waals surface area contributed by atoms with E-state index < -0.39 is 0 Å². The van der Waals surface area contributed by atoms with Gasteiger partial charge in [0.25, 0.3) is 0 Å². The minimum atomic E-state index is 0.734. The Morgan fingerprint density at radius 3 is 2.57 bits per heavy atom. The summed E-state index contributed by atoms with van der Waals surface area (Å²) < 4.78 is 5.55. The fourth-order valence-electron chi connectivity index (χ4n) is 0.346. The van der Waals surface area contributed by atoms with Crippen LogP contribution in [-0.4, -0.2) is 0 Å². The van der Waals surface area contributed by atoms with E-state index in [4.69, 9.17) is 4.42 Å². The third-order valence-electron chi connectivity index (χ3n) is 0.622. The molecular formula is C5H4BrO. The molecule has 0 amide bonds. The van der Waals surface area contributed by atoms with Gasteiger partial charge in [-0.05, 0) is 34.5 Å². The summed E-state index contributed by atoms with van der Waals surface area (Å²) in [6.07, 6.45) is 1.59. The Morgan fingerprint density at radius 2 is 2.43 bits per heavy atom. The van der Waals surface area contributed by atoms with Crippen LogP contribution in [0.2, 0.25) is 0 Å². The third-order valence-corrected chi connectivity index (χ3v) is 1.04. The van der Waals surface area contributed by atoms with Crippen molar-refractivity contribution in [2.75, 3.05) is 0 Å². The van der Waals surface area contributed by atoms with Crippen LogP contribution in [-0.2, 0) is 0 Å². The van der Waals surface area contributed by atoms with E-state index in [2.05, 4.69) is 22.9 Å². The number of halogens is 1. The Kier molecular flexibility index (Phi) is 1.19. The largest absolute Gasteiger partial charge is 0.457 e. The summed E-state index contributed by atoms with van der Waals surface area (Å²) in [4.78, 5) is 0. The van der Waals surface area contributed by atoms with Crippen molar-refractivity contribution in [3.63, 3.8) is 0 Å². The molecule has 1 nitrogen and oxygen atoms in total. The molecule has 0 aliphatic rings. The van der Waals surface area contributed by atoms with Gasteiger partial charge in [-0.1, -0.05) is 0 Å². The quantitative estimate of drug-likeness (QED) is 0.567. The maximum Gasteiger partial charge on any atom is 0.169 e. The monoisotopic (exact) mass is 159 g/mol. The van der Waals surface area contributed by atoms with Crippen molar-refractivity contribution < 1.29 is 4.42 Å². The molecule has 0 N–H and O–H groups in total. The Hall–Kier alpha value is -0.240. The van der Waals surface area contributed by atoms with Crippen LogP contribution >= 0.6 is 15.9 Å². The summed E-state index contributed by atoms with van der Waals surface area (Å²) >= 11 is 3.13. The van der Waals surface area contributed by atoms with E-state index in [0.717, 1.165) is 10.2 Å². The Morgan fingerprint density at radius 1 is 1.71 bits per heavy atom. The van der Waals surface area contributed by atoms with Crippen LogP contribution < -0.4 is 0 Å². The first kappa shape index (κ1) is 4.91. The van der Waals surface area contributed by atoms with Gasteiger partial charge in [-0.25, -0.2) is 0 Å². The van der Waals surface area contributed by atoms with Crippen molar-refractivity contribution in [2.24, 2.45) is 0 Å². The molecule has 0 unspecified atom stereocenters. The summed E-state index contributed by atoms with van der Waals surface area (Å²) in [5, 5.41) is 0. The number of rotatable bonds is 0. The summed E-state index contributed by atoms with van der Waals surface area (Å²) in [6, 6.07) is 1.81. The second kappa shape index (κ2) is 1.70. The van der Waals surface area contributed by atoms with Gasteiger partial charge in [-0.2, -0.15) is 0 Å². The topological polar surface area (TPSA) is 13.1 Å². The van der Waals surface area contributed by atoms with E-state index in [9.17, 15) is 0 Å². The maximum atomic E-state index is 4.82. The Bertz CT molecular complexity index is 140. The van der Waals surface area contributed by atoms with Gasteiger partial charge in [0.1, 0.15) is 0 Å². The number of furan rings is 1. The van der Waals surface area contributed by atoms with Crippen LogP contribution in [0.4, 0.5) is 0 Å². The Labute approximate surface area is 50.5 Å². The molecule has 0 bridgehead atoms. The fraction of sp³-hybridized carbons (Fsp3) is 0. The third kappa shape index (κ3) is 1.06. The van der Waals surface area contributed by atoms with Gasteiger partial charge < -0.3 is 4.42 Å². The molecule has 0 atom stereocenters. The zero-order valence-corrected chi connectivity index (χ0v) is 5.23. The van der Waals surface area contributed by atoms with E-state index in [1.54, 1.807) is 12.3 Å². The molecule has 37 valence electrons. The minimum absolute atomic E-state index is 0.734. The van der Waals surface area contributed by atoms with Gasteiger partial charge in [-0.15, -0.1) is 0 Å². The molecule has 0 saturated carbocycles. The highest BCUT2D eigenvalue weighted by molar-refractivity contribution is 9.10. The lowest BCUT2D eigenvalue weighted by Gasteiger charge is -1.66. The lowest BCUT2D eigenvalue weighted by atomic mass is 10.4. The average molecular weight is 160 g/mol. The molecule has 1 radical (unpaired) electrons. The zero-order chi connectivity index (χ0) is 5.28. The summed E-state index contributed by atoms with van der Waals surface area (Å²) in [5.74, 6) is 0. The van der Waals surface area contributed by atoms with E-state index in [-0.39, 0.29) is 0 Å². The molecule has 1 aromatic rings. The van der Waals surface area contributed by atoms with Crippen LogP contribution in [0.5, 0.6) is 0 Å². The lowest BCUT2D eigenvalue weighted by Crippen LogP contribution is -1.49. The van der Waals surface area contributed by atoms with E-state index in [1.807, 2.05) is 0 Å². The highest BCUT2D eigenvalue weighted by Gasteiger charge is 1.88. The molecule has 1 aromatic heterocycles. The first-order valence-corrected chi connectivity index (χ1v) is 2.64. The summed E-state index contributed by atoms with van der Waals surface area (Å²) in [7, 11) is 0. The molecule has 0 aromatic carbocycles. The van der Waals surface area contributed by atoms with E-state index in [0.29, 0.717) is 0 Å². The molecule has 2 heteroatoms. The second-order valence-electron chi connectivity index (χ2n) is 1.26. The van der Waals surface area contributed by atoms with Gasteiger partial charge in [0.2, 0.25) is 0 Å². The van der Waals surface area contributed by atoms with Crippen molar-refractivity contribution in [1.82, 2.24) is 0 Å². The normalized spacial score (nSPS) is 9.43. The smallest absolute Gasteiger partial charge is 0.169 e. The molecule has 0 fully saturated rings. The summed E-state index contributed by atoms with van der Waals surface area (Å²) in [6.45, 7) is 3.62. The standard InChI is InChI=1S/C5H4BrO/c1-4-2-5(6)7-3-4/h2-3H,1H2. The van der Waals surface area contributed by atoms with Gasteiger partial charge in [0, 0.05) is 0 Å². The van der Waals surface area contributed by atoms with Gasteiger partial charge in [-0.3, -0.25) is 0 Å². The first-order valence-electron chi connectivity index (χ1n) is 1.85. The molecule has 1 rings (SSSR count).